The third-order valence-corrected chi connectivity index (χ3v) is 3.30. The molecule has 0 heterocycles. The molecular formula is C12H25NO. The summed E-state index contributed by atoms with van der Waals surface area (Å²) in [5, 5.41) is 10.3. The van der Waals surface area contributed by atoms with Gasteiger partial charge in [-0.2, -0.15) is 0 Å². The summed E-state index contributed by atoms with van der Waals surface area (Å²) in [4.78, 5) is 0. The summed E-state index contributed by atoms with van der Waals surface area (Å²) in [6, 6.07) is 0.324. The first kappa shape index (κ1) is 12.0. The smallest absolute Gasteiger partial charge is 0.0649 e. The van der Waals surface area contributed by atoms with Crippen LogP contribution in [0.3, 0.4) is 0 Å². The van der Waals surface area contributed by atoms with Crippen LogP contribution < -0.4 is 5.73 Å². The molecule has 1 fully saturated rings. The van der Waals surface area contributed by atoms with Gasteiger partial charge >= 0.3 is 0 Å². The number of hydrogen-bond donors (Lipinski definition) is 2. The Hall–Kier alpha value is -0.0800. The van der Waals surface area contributed by atoms with Crippen molar-refractivity contribution in [2.45, 2.75) is 70.9 Å². The molecule has 0 aliphatic heterocycles. The predicted octanol–water partition coefficient (Wildman–Crippen LogP) is 2.45. The summed E-state index contributed by atoms with van der Waals surface area (Å²) in [5.41, 5.74) is 5.74. The second kappa shape index (κ2) is 4.19. The molecule has 0 atom stereocenters. The molecule has 0 aromatic carbocycles. The van der Waals surface area contributed by atoms with E-state index in [9.17, 15) is 5.11 Å². The zero-order chi connectivity index (χ0) is 10.8. The Labute approximate surface area is 87.9 Å². The fourth-order valence-electron chi connectivity index (χ4n) is 2.04. The molecule has 1 aliphatic carbocycles. The SMILES string of the molecule is CC(C)(C)CCC1(O)CCC(N)CC1. The number of rotatable bonds is 2. The van der Waals surface area contributed by atoms with Gasteiger partial charge in [-0.3, -0.25) is 0 Å². The van der Waals surface area contributed by atoms with Crippen LogP contribution in [0.1, 0.15) is 59.3 Å². The number of nitrogens with two attached hydrogens (primary N) is 1. The second-order valence-corrected chi connectivity index (χ2v) is 6.12. The molecular weight excluding hydrogens is 174 g/mol. The van der Waals surface area contributed by atoms with E-state index in [2.05, 4.69) is 20.8 Å². The number of hydrogen-bond acceptors (Lipinski definition) is 2. The highest BCUT2D eigenvalue weighted by Gasteiger charge is 2.32. The molecule has 1 rings (SSSR count). The predicted molar refractivity (Wildman–Crippen MR) is 60.1 cm³/mol. The van der Waals surface area contributed by atoms with E-state index in [0.717, 1.165) is 38.5 Å². The first-order chi connectivity index (χ1) is 6.31. The zero-order valence-corrected chi connectivity index (χ0v) is 9.84. The minimum atomic E-state index is -0.414. The van der Waals surface area contributed by atoms with Crippen molar-refractivity contribution in [1.29, 1.82) is 0 Å². The molecule has 14 heavy (non-hydrogen) atoms. The van der Waals surface area contributed by atoms with Gasteiger partial charge in [-0.05, 0) is 43.9 Å². The van der Waals surface area contributed by atoms with Crippen molar-refractivity contribution in [3.63, 3.8) is 0 Å². The fourth-order valence-corrected chi connectivity index (χ4v) is 2.04. The normalized spacial score (nSPS) is 34.5. The zero-order valence-electron chi connectivity index (χ0n) is 9.84. The van der Waals surface area contributed by atoms with E-state index in [1.807, 2.05) is 0 Å². The van der Waals surface area contributed by atoms with Crippen molar-refractivity contribution in [3.05, 3.63) is 0 Å². The van der Waals surface area contributed by atoms with Gasteiger partial charge in [0, 0.05) is 6.04 Å². The van der Waals surface area contributed by atoms with Crippen molar-refractivity contribution in [3.8, 4) is 0 Å². The molecule has 3 N–H and O–H groups in total. The first-order valence-corrected chi connectivity index (χ1v) is 5.79. The van der Waals surface area contributed by atoms with Crippen molar-refractivity contribution >= 4 is 0 Å². The quantitative estimate of drug-likeness (QED) is 0.717. The average Bonchev–Trinajstić information content (AvgIpc) is 2.07. The van der Waals surface area contributed by atoms with Gasteiger partial charge in [0.2, 0.25) is 0 Å². The Kier molecular flexibility index (Phi) is 3.59. The molecule has 1 saturated carbocycles. The van der Waals surface area contributed by atoms with Crippen LogP contribution in [-0.4, -0.2) is 16.7 Å². The minimum Gasteiger partial charge on any atom is -0.390 e. The van der Waals surface area contributed by atoms with Crippen LogP contribution in [0.4, 0.5) is 0 Å². The molecule has 1 aliphatic rings. The lowest BCUT2D eigenvalue weighted by Gasteiger charge is -2.36. The molecule has 0 amide bonds. The molecule has 2 heteroatoms. The Morgan fingerprint density at radius 3 is 2.21 bits per heavy atom. The van der Waals surface area contributed by atoms with Crippen LogP contribution in [0.15, 0.2) is 0 Å². The van der Waals surface area contributed by atoms with Gasteiger partial charge in [0.05, 0.1) is 5.60 Å². The van der Waals surface area contributed by atoms with Crippen LogP contribution in [0.2, 0.25) is 0 Å². The first-order valence-electron chi connectivity index (χ1n) is 5.79. The fraction of sp³-hybridized carbons (Fsp3) is 1.00. The van der Waals surface area contributed by atoms with E-state index in [4.69, 9.17) is 5.73 Å². The third kappa shape index (κ3) is 3.97. The molecule has 0 unspecified atom stereocenters. The average molecular weight is 199 g/mol. The van der Waals surface area contributed by atoms with Gasteiger partial charge in [-0.15, -0.1) is 0 Å². The van der Waals surface area contributed by atoms with Crippen molar-refractivity contribution in [2.75, 3.05) is 0 Å². The maximum atomic E-state index is 10.3. The minimum absolute atomic E-state index is 0.324. The molecule has 2 nitrogen and oxygen atoms in total. The lowest BCUT2D eigenvalue weighted by Crippen LogP contribution is -2.39. The van der Waals surface area contributed by atoms with Gasteiger partial charge in [0.25, 0.3) is 0 Å². The number of aliphatic hydroxyl groups is 1. The molecule has 0 spiro atoms. The highest BCUT2D eigenvalue weighted by Crippen LogP contribution is 2.34. The highest BCUT2D eigenvalue weighted by molar-refractivity contribution is 4.87. The topological polar surface area (TPSA) is 46.2 Å². The Bertz CT molecular complexity index is 175. The summed E-state index contributed by atoms with van der Waals surface area (Å²) in [7, 11) is 0. The van der Waals surface area contributed by atoms with E-state index >= 15 is 0 Å². The summed E-state index contributed by atoms with van der Waals surface area (Å²) < 4.78 is 0. The van der Waals surface area contributed by atoms with Crippen LogP contribution in [0, 0.1) is 5.41 Å². The molecule has 0 saturated heterocycles. The largest absolute Gasteiger partial charge is 0.390 e. The standard InChI is InChI=1S/C12H25NO/c1-11(2,3)8-9-12(14)6-4-10(13)5-7-12/h10,14H,4-9,13H2,1-3H3. The molecule has 0 aromatic heterocycles. The second-order valence-electron chi connectivity index (χ2n) is 6.12. The molecule has 84 valence electrons. The van der Waals surface area contributed by atoms with E-state index in [0.29, 0.717) is 11.5 Å². The summed E-state index contributed by atoms with van der Waals surface area (Å²) >= 11 is 0. The maximum Gasteiger partial charge on any atom is 0.0649 e. The third-order valence-electron chi connectivity index (χ3n) is 3.30. The van der Waals surface area contributed by atoms with Gasteiger partial charge in [0.1, 0.15) is 0 Å². The van der Waals surface area contributed by atoms with Gasteiger partial charge < -0.3 is 10.8 Å². The lowest BCUT2D eigenvalue weighted by atomic mass is 9.76. The van der Waals surface area contributed by atoms with E-state index in [-0.39, 0.29) is 0 Å². The van der Waals surface area contributed by atoms with Crippen LogP contribution >= 0.6 is 0 Å². The van der Waals surface area contributed by atoms with E-state index in [1.54, 1.807) is 0 Å². The monoisotopic (exact) mass is 199 g/mol. The van der Waals surface area contributed by atoms with Crippen molar-refractivity contribution < 1.29 is 5.11 Å². The molecule has 0 radical (unpaired) electrons. The van der Waals surface area contributed by atoms with E-state index < -0.39 is 5.60 Å². The molecule has 0 bridgehead atoms. The molecule has 0 aromatic rings. The van der Waals surface area contributed by atoms with Crippen molar-refractivity contribution in [1.82, 2.24) is 0 Å². The van der Waals surface area contributed by atoms with Crippen molar-refractivity contribution in [2.24, 2.45) is 11.1 Å². The Balaban J connectivity index is 2.36. The maximum absolute atomic E-state index is 10.3. The summed E-state index contributed by atoms with van der Waals surface area (Å²) in [6.07, 6.45) is 5.79. The van der Waals surface area contributed by atoms with Gasteiger partial charge in [-0.1, -0.05) is 20.8 Å². The van der Waals surface area contributed by atoms with Crippen LogP contribution in [-0.2, 0) is 0 Å². The highest BCUT2D eigenvalue weighted by atomic mass is 16.3. The van der Waals surface area contributed by atoms with E-state index in [1.165, 1.54) is 0 Å². The Morgan fingerprint density at radius 2 is 1.79 bits per heavy atom. The van der Waals surface area contributed by atoms with Gasteiger partial charge in [-0.25, -0.2) is 0 Å². The van der Waals surface area contributed by atoms with Crippen LogP contribution in [0.5, 0.6) is 0 Å². The summed E-state index contributed by atoms with van der Waals surface area (Å²) in [5.74, 6) is 0. The lowest BCUT2D eigenvalue weighted by molar-refractivity contribution is -0.0161. The Morgan fingerprint density at radius 1 is 1.29 bits per heavy atom. The van der Waals surface area contributed by atoms with Crippen LogP contribution in [0.25, 0.3) is 0 Å². The summed E-state index contributed by atoms with van der Waals surface area (Å²) in [6.45, 7) is 6.68. The van der Waals surface area contributed by atoms with Gasteiger partial charge in [0.15, 0.2) is 0 Å².